The molecular formula is C29H34N6O7. The lowest BCUT2D eigenvalue weighted by atomic mass is 9.81. The number of amides is 3. The molecular weight excluding hydrogens is 544 g/mol. The SMILES string of the molecule is CNC1(c2ccccc2)CCN(C(=O)NC(Cc2cnc(=O)[nH]c2NC(=O)c2c(OC)cccc2OC)C(=O)O)CC1. The predicted octanol–water partition coefficient (Wildman–Crippen LogP) is 1.96. The molecule has 0 saturated carbocycles. The number of hydrogen-bond acceptors (Lipinski definition) is 8. The molecule has 13 heteroatoms. The number of nitrogens with zero attached hydrogens (tertiary/aromatic N) is 2. The molecule has 1 atom stereocenters. The van der Waals surface area contributed by atoms with E-state index in [1.54, 1.807) is 23.1 Å². The molecule has 4 rings (SSSR count). The Kier molecular flexibility index (Phi) is 9.42. The van der Waals surface area contributed by atoms with E-state index in [0.717, 1.165) is 11.8 Å². The summed E-state index contributed by atoms with van der Waals surface area (Å²) < 4.78 is 10.6. The number of aromatic nitrogens is 2. The number of ether oxygens (including phenoxy) is 2. The maximum absolute atomic E-state index is 13.2. The number of aliphatic carboxylic acids is 1. The molecule has 42 heavy (non-hydrogen) atoms. The molecule has 1 fully saturated rings. The number of aromatic amines is 1. The first-order chi connectivity index (χ1) is 20.2. The number of urea groups is 1. The van der Waals surface area contributed by atoms with Crippen LogP contribution >= 0.6 is 0 Å². The monoisotopic (exact) mass is 578 g/mol. The van der Waals surface area contributed by atoms with Gasteiger partial charge in [-0.2, -0.15) is 0 Å². The van der Waals surface area contributed by atoms with Gasteiger partial charge >= 0.3 is 17.7 Å². The van der Waals surface area contributed by atoms with Crippen molar-refractivity contribution < 1.29 is 29.0 Å². The smallest absolute Gasteiger partial charge is 0.346 e. The lowest BCUT2D eigenvalue weighted by Gasteiger charge is -2.42. The average molecular weight is 579 g/mol. The van der Waals surface area contributed by atoms with Crippen LogP contribution in [0.15, 0.2) is 59.5 Å². The summed E-state index contributed by atoms with van der Waals surface area (Å²) in [6, 6.07) is 12.9. The number of carboxylic acid groups (broad SMARTS) is 1. The van der Waals surface area contributed by atoms with E-state index in [1.807, 2.05) is 37.4 Å². The van der Waals surface area contributed by atoms with Gasteiger partial charge in [0.15, 0.2) is 0 Å². The van der Waals surface area contributed by atoms with Crippen molar-refractivity contribution in [2.75, 3.05) is 39.7 Å². The quantitative estimate of drug-likeness (QED) is 0.241. The first kappa shape index (κ1) is 30.1. The highest BCUT2D eigenvalue weighted by Crippen LogP contribution is 2.33. The summed E-state index contributed by atoms with van der Waals surface area (Å²) in [4.78, 5) is 58.3. The van der Waals surface area contributed by atoms with Crippen molar-refractivity contribution in [2.45, 2.75) is 30.8 Å². The number of methoxy groups -OCH3 is 2. The number of nitrogens with one attached hydrogen (secondary N) is 4. The third-order valence-corrected chi connectivity index (χ3v) is 7.51. The molecule has 1 aromatic heterocycles. The van der Waals surface area contributed by atoms with Crippen molar-refractivity contribution in [1.29, 1.82) is 0 Å². The second kappa shape index (κ2) is 13.2. The van der Waals surface area contributed by atoms with Gasteiger partial charge in [-0.05, 0) is 37.6 Å². The Labute approximate surface area is 242 Å². The number of rotatable bonds is 10. The van der Waals surface area contributed by atoms with Gasteiger partial charge < -0.3 is 35.4 Å². The minimum Gasteiger partial charge on any atom is -0.496 e. The zero-order valence-electron chi connectivity index (χ0n) is 23.6. The van der Waals surface area contributed by atoms with Crippen molar-refractivity contribution in [3.63, 3.8) is 0 Å². The largest absolute Gasteiger partial charge is 0.496 e. The second-order valence-corrected chi connectivity index (χ2v) is 9.81. The number of carbonyl (C=O) groups is 3. The van der Waals surface area contributed by atoms with Crippen LogP contribution in [-0.2, 0) is 16.8 Å². The molecule has 0 aliphatic carbocycles. The fourth-order valence-corrected chi connectivity index (χ4v) is 5.13. The summed E-state index contributed by atoms with van der Waals surface area (Å²) in [6.45, 7) is 0.826. The minimum absolute atomic E-state index is 0.0619. The Balaban J connectivity index is 1.48. The van der Waals surface area contributed by atoms with Gasteiger partial charge in [0.2, 0.25) is 0 Å². The first-order valence-corrected chi connectivity index (χ1v) is 13.3. The number of H-pyrrole nitrogens is 1. The van der Waals surface area contributed by atoms with Crippen LogP contribution in [0, 0.1) is 0 Å². The molecule has 1 aliphatic heterocycles. The number of carbonyl (C=O) groups excluding carboxylic acids is 2. The van der Waals surface area contributed by atoms with Gasteiger partial charge in [-0.3, -0.25) is 9.78 Å². The normalized spacial score (nSPS) is 14.9. The van der Waals surface area contributed by atoms with Crippen LogP contribution in [0.3, 0.4) is 0 Å². The topological polar surface area (TPSA) is 175 Å². The van der Waals surface area contributed by atoms with Crippen molar-refractivity contribution in [2.24, 2.45) is 0 Å². The molecule has 0 spiro atoms. The second-order valence-electron chi connectivity index (χ2n) is 9.81. The molecule has 5 N–H and O–H groups in total. The summed E-state index contributed by atoms with van der Waals surface area (Å²) in [6.07, 6.45) is 2.19. The fraction of sp³-hybridized carbons (Fsp3) is 0.345. The number of likely N-dealkylation sites (tertiary alicyclic amines) is 1. The Morgan fingerprint density at radius 3 is 2.26 bits per heavy atom. The highest BCUT2D eigenvalue weighted by atomic mass is 16.5. The number of hydrogen-bond donors (Lipinski definition) is 5. The zero-order valence-corrected chi connectivity index (χ0v) is 23.6. The minimum atomic E-state index is -1.37. The van der Waals surface area contributed by atoms with Gasteiger partial charge in [0.1, 0.15) is 28.9 Å². The maximum atomic E-state index is 13.2. The Morgan fingerprint density at radius 2 is 1.69 bits per heavy atom. The van der Waals surface area contributed by atoms with E-state index in [1.165, 1.54) is 14.2 Å². The lowest BCUT2D eigenvalue weighted by molar-refractivity contribution is -0.139. The summed E-state index contributed by atoms with van der Waals surface area (Å²) in [7, 11) is 4.68. The number of carboxylic acids is 1. The van der Waals surface area contributed by atoms with Crippen LogP contribution in [0.4, 0.5) is 10.6 Å². The fourth-order valence-electron chi connectivity index (χ4n) is 5.13. The third-order valence-electron chi connectivity index (χ3n) is 7.51. The molecule has 2 aromatic carbocycles. The van der Waals surface area contributed by atoms with E-state index in [2.05, 4.69) is 25.9 Å². The zero-order chi connectivity index (χ0) is 30.3. The molecule has 1 saturated heterocycles. The van der Waals surface area contributed by atoms with Crippen molar-refractivity contribution in [1.82, 2.24) is 25.5 Å². The molecule has 3 amide bonds. The molecule has 2 heterocycles. The van der Waals surface area contributed by atoms with Gasteiger partial charge in [-0.1, -0.05) is 36.4 Å². The highest BCUT2D eigenvalue weighted by molar-refractivity contribution is 6.08. The molecule has 1 unspecified atom stereocenters. The third kappa shape index (κ3) is 6.52. The van der Waals surface area contributed by atoms with Crippen molar-refractivity contribution in [3.8, 4) is 11.5 Å². The molecule has 0 radical (unpaired) electrons. The summed E-state index contributed by atoms with van der Waals surface area (Å²) in [5.41, 5.74) is 0.357. The summed E-state index contributed by atoms with van der Waals surface area (Å²) >= 11 is 0. The van der Waals surface area contributed by atoms with Crippen molar-refractivity contribution >= 4 is 23.7 Å². The van der Waals surface area contributed by atoms with E-state index in [9.17, 15) is 24.3 Å². The van der Waals surface area contributed by atoms with Crippen LogP contribution in [0.25, 0.3) is 0 Å². The maximum Gasteiger partial charge on any atom is 0.346 e. The standard InChI is InChI=1S/C29H34N6O7/c1-30-29(19-8-5-4-6-9-19)12-14-35(15-13-29)28(40)32-20(26(37)38)16-18-17-31-27(39)34-24(18)33-25(36)23-21(41-2)10-7-11-22(23)42-3/h4-11,17,20,30H,12-16H2,1-3H3,(H,32,40)(H,37,38)(H2,31,33,34,36,39). The first-order valence-electron chi connectivity index (χ1n) is 13.3. The molecule has 222 valence electrons. The molecule has 1 aliphatic rings. The van der Waals surface area contributed by atoms with Gasteiger partial charge in [0.05, 0.1) is 14.2 Å². The van der Waals surface area contributed by atoms with E-state index in [0.29, 0.717) is 25.9 Å². The van der Waals surface area contributed by atoms with Crippen molar-refractivity contribution in [3.05, 3.63) is 81.9 Å². The van der Waals surface area contributed by atoms with E-state index in [-0.39, 0.29) is 40.4 Å². The van der Waals surface area contributed by atoms with E-state index in [4.69, 9.17) is 9.47 Å². The van der Waals surface area contributed by atoms with Crippen LogP contribution < -0.4 is 31.1 Å². The number of piperidine rings is 1. The average Bonchev–Trinajstić information content (AvgIpc) is 3.01. The van der Waals surface area contributed by atoms with Crippen LogP contribution in [0.2, 0.25) is 0 Å². The van der Waals surface area contributed by atoms with Crippen LogP contribution in [-0.4, -0.2) is 78.3 Å². The molecule has 3 aromatic rings. The Morgan fingerprint density at radius 1 is 1.05 bits per heavy atom. The summed E-state index contributed by atoms with van der Waals surface area (Å²) in [5, 5.41) is 18.5. The Bertz CT molecular complexity index is 1460. The van der Waals surface area contributed by atoms with Gasteiger partial charge in [0, 0.05) is 36.8 Å². The lowest BCUT2D eigenvalue weighted by Crippen LogP contribution is -2.55. The molecule has 0 bridgehead atoms. The summed E-state index contributed by atoms with van der Waals surface area (Å²) in [5.74, 6) is -1.55. The van der Waals surface area contributed by atoms with Gasteiger partial charge in [-0.25, -0.2) is 19.4 Å². The van der Waals surface area contributed by atoms with Crippen LogP contribution in [0.5, 0.6) is 11.5 Å². The van der Waals surface area contributed by atoms with Gasteiger partial charge in [-0.15, -0.1) is 0 Å². The number of anilines is 1. The number of benzene rings is 2. The van der Waals surface area contributed by atoms with E-state index < -0.39 is 29.6 Å². The van der Waals surface area contributed by atoms with Crippen LogP contribution in [0.1, 0.15) is 34.3 Å². The van der Waals surface area contributed by atoms with E-state index >= 15 is 0 Å². The Hall–Kier alpha value is -4.91. The molecule has 13 nitrogen and oxygen atoms in total. The predicted molar refractivity (Wildman–Crippen MR) is 154 cm³/mol. The van der Waals surface area contributed by atoms with Gasteiger partial charge in [0.25, 0.3) is 5.91 Å². The highest BCUT2D eigenvalue weighted by Gasteiger charge is 2.37.